The molecule has 0 unspecified atom stereocenters. The van der Waals surface area contributed by atoms with Crippen LogP contribution in [0, 0.1) is 27.9 Å². The summed E-state index contributed by atoms with van der Waals surface area (Å²) < 4.78 is 0. The van der Waals surface area contributed by atoms with Gasteiger partial charge in [0.05, 0.1) is 18.0 Å². The fourth-order valence-corrected chi connectivity index (χ4v) is 9.42. The summed E-state index contributed by atoms with van der Waals surface area (Å²) in [5.74, 6) is -12.2. The molecule has 0 aliphatic carbocycles. The number of amides is 10. The molecule has 0 bridgehead atoms. The lowest BCUT2D eigenvalue weighted by Crippen LogP contribution is -2.60. The van der Waals surface area contributed by atoms with Gasteiger partial charge in [-0.25, -0.2) is 0 Å². The Morgan fingerprint density at radius 3 is 1.64 bits per heavy atom. The van der Waals surface area contributed by atoms with Gasteiger partial charge in [-0.3, -0.25) is 67.6 Å². The Labute approximate surface area is 507 Å². The number of rotatable bonds is 38. The lowest BCUT2D eigenvalue weighted by molar-refractivity contribution is -0.384. The summed E-state index contributed by atoms with van der Waals surface area (Å²) >= 11 is 0.931. The minimum absolute atomic E-state index is 0.00737. The first-order valence-electron chi connectivity index (χ1n) is 28.1. The van der Waals surface area contributed by atoms with Crippen molar-refractivity contribution in [3.63, 3.8) is 0 Å². The minimum atomic E-state index is -1.72. The van der Waals surface area contributed by atoms with E-state index in [1.807, 2.05) is 0 Å². The van der Waals surface area contributed by atoms with Crippen LogP contribution in [-0.2, 0) is 64.9 Å². The van der Waals surface area contributed by atoms with E-state index in [0.29, 0.717) is 16.7 Å². The molecule has 7 atom stereocenters. The molecule has 474 valence electrons. The van der Waals surface area contributed by atoms with E-state index in [9.17, 15) is 83.0 Å². The zero-order chi connectivity index (χ0) is 64.9. The maximum atomic E-state index is 14.5. The maximum Gasteiger partial charge on any atom is 0.317 e. The van der Waals surface area contributed by atoms with Crippen LogP contribution < -0.4 is 53.6 Å². The van der Waals surface area contributed by atoms with Crippen LogP contribution in [0.3, 0.4) is 0 Å². The number of nitrogens with two attached hydrogens (primary N) is 1. The number of carboxylic acids is 2. The van der Waals surface area contributed by atoms with E-state index in [2.05, 4.69) is 47.9 Å². The van der Waals surface area contributed by atoms with E-state index >= 15 is 0 Å². The summed E-state index contributed by atoms with van der Waals surface area (Å²) in [6.45, 7) is 8.80. The van der Waals surface area contributed by atoms with E-state index in [-0.39, 0.29) is 61.8 Å². The van der Waals surface area contributed by atoms with Gasteiger partial charge in [-0.05, 0) is 85.3 Å². The van der Waals surface area contributed by atoms with Gasteiger partial charge in [0.1, 0.15) is 47.3 Å². The van der Waals surface area contributed by atoms with Crippen LogP contribution in [0.5, 0.6) is 5.75 Å². The Kier molecular flexibility index (Phi) is 30.4. The average molecular weight is 1230 g/mol. The predicted octanol–water partition coefficient (Wildman–Crippen LogP) is 1.07. The number of phenolic OH excluding ortho intramolecular Hbond substituents is 1. The zero-order valence-corrected chi connectivity index (χ0v) is 50.1. The van der Waals surface area contributed by atoms with E-state index < -0.39 is 162 Å². The molecule has 29 heteroatoms. The van der Waals surface area contributed by atoms with E-state index in [1.165, 1.54) is 48.5 Å². The monoisotopic (exact) mass is 1230 g/mol. The number of carbonyl (C=O) groups is 12. The van der Waals surface area contributed by atoms with Gasteiger partial charge in [-0.1, -0.05) is 84.0 Å². The highest BCUT2D eigenvalue weighted by atomic mass is 32.2. The molecule has 87 heavy (non-hydrogen) atoms. The number of aliphatic carboxylic acids is 2. The molecule has 0 spiro atoms. The second-order valence-corrected chi connectivity index (χ2v) is 22.7. The molecular weight excluding hydrogens is 1150 g/mol. The van der Waals surface area contributed by atoms with Gasteiger partial charge in [0.15, 0.2) is 0 Å². The number of unbranched alkanes of at least 4 members (excludes halogenated alkanes) is 1. The third kappa shape index (κ3) is 26.8. The average Bonchev–Trinajstić information content (AvgIpc) is 3.33. The first kappa shape index (κ1) is 72.1. The predicted molar refractivity (Wildman–Crippen MR) is 318 cm³/mol. The first-order chi connectivity index (χ1) is 41.0. The summed E-state index contributed by atoms with van der Waals surface area (Å²) in [5.41, 5.74) is 6.54. The van der Waals surface area contributed by atoms with Crippen LogP contribution in [0.4, 0.5) is 5.69 Å². The molecule has 0 radical (unpaired) electrons. The number of hydrogen-bond donors (Lipinski definition) is 13. The highest BCUT2D eigenvalue weighted by molar-refractivity contribution is 7.99. The number of nitro groups is 1. The molecule has 3 rings (SSSR count). The van der Waals surface area contributed by atoms with Crippen LogP contribution in [0.25, 0.3) is 0 Å². The number of nitrogens with one attached hydrogen (secondary N) is 9. The SMILES string of the molecule is CC(C)C[C@H](NC(=O)[C@@H](NC(=O)CNC(=O)c1ccccc1)C(C)C)C(=O)N[C@@H](CCCCNC(=O)C[C@H](SCc1ccc([N+](=O)[O-])cc1)C(=O)O)C(=O)N[C@@H](CCC(=O)O)C(=O)N[C@@H](Cc1ccc(O)cc1)C(=O)NCC(=O)N[C@H](C(N)=O)C(C)C. The van der Waals surface area contributed by atoms with Gasteiger partial charge in [0, 0.05) is 49.3 Å². The van der Waals surface area contributed by atoms with Crippen LogP contribution >= 0.6 is 11.8 Å². The Morgan fingerprint density at radius 1 is 0.575 bits per heavy atom. The lowest BCUT2D eigenvalue weighted by Gasteiger charge is -2.28. The molecule has 0 saturated heterocycles. The van der Waals surface area contributed by atoms with E-state index in [0.717, 1.165) is 11.8 Å². The van der Waals surface area contributed by atoms with Crippen LogP contribution in [0.1, 0.15) is 108 Å². The molecule has 0 aromatic heterocycles. The summed E-state index contributed by atoms with van der Waals surface area (Å²) in [4.78, 5) is 169. The number of nitrogens with zero attached hydrogens (tertiary/aromatic N) is 1. The molecule has 0 aliphatic heterocycles. The molecular formula is C58H79N11O17S. The number of carboxylic acid groups (broad SMARTS) is 2. The maximum absolute atomic E-state index is 14.5. The van der Waals surface area contributed by atoms with Crippen molar-refractivity contribution in [2.75, 3.05) is 19.6 Å². The van der Waals surface area contributed by atoms with Crippen molar-refractivity contribution in [1.29, 1.82) is 0 Å². The molecule has 14 N–H and O–H groups in total. The van der Waals surface area contributed by atoms with Crippen molar-refractivity contribution in [2.45, 2.75) is 140 Å². The second kappa shape index (κ2) is 36.6. The van der Waals surface area contributed by atoms with E-state index in [4.69, 9.17) is 5.73 Å². The summed E-state index contributed by atoms with van der Waals surface area (Å²) in [6, 6.07) is 10.6. The number of benzene rings is 3. The van der Waals surface area contributed by atoms with Gasteiger partial charge in [0.2, 0.25) is 53.2 Å². The van der Waals surface area contributed by atoms with Gasteiger partial charge >= 0.3 is 11.9 Å². The number of primary amides is 1. The Morgan fingerprint density at radius 2 is 1.10 bits per heavy atom. The summed E-state index contributed by atoms with van der Waals surface area (Å²) in [7, 11) is 0. The topological polar surface area (TPSA) is 443 Å². The summed E-state index contributed by atoms with van der Waals surface area (Å²) in [5, 5.41) is 62.2. The third-order valence-electron chi connectivity index (χ3n) is 13.2. The van der Waals surface area contributed by atoms with Gasteiger partial charge in [-0.2, -0.15) is 0 Å². The van der Waals surface area contributed by atoms with Crippen molar-refractivity contribution >= 4 is 88.5 Å². The lowest BCUT2D eigenvalue weighted by atomic mass is 9.99. The number of hydrogen-bond acceptors (Lipinski definition) is 16. The fourth-order valence-electron chi connectivity index (χ4n) is 8.43. The first-order valence-corrected chi connectivity index (χ1v) is 29.1. The molecule has 0 aliphatic rings. The number of thioether (sulfide) groups is 1. The summed E-state index contributed by atoms with van der Waals surface area (Å²) in [6.07, 6.45) is -2.02. The normalized spacial score (nSPS) is 13.4. The minimum Gasteiger partial charge on any atom is -0.508 e. The number of carbonyl (C=O) groups excluding carboxylic acids is 10. The van der Waals surface area contributed by atoms with Crippen molar-refractivity contribution in [3.8, 4) is 5.75 Å². The molecule has 28 nitrogen and oxygen atoms in total. The number of phenols is 1. The molecule has 0 fully saturated rings. The quantitative estimate of drug-likeness (QED) is 0.0217. The van der Waals surface area contributed by atoms with Crippen molar-refractivity contribution < 1.29 is 77.8 Å². The fraction of sp³-hybridized carbons (Fsp3) is 0.483. The zero-order valence-electron chi connectivity index (χ0n) is 49.3. The largest absolute Gasteiger partial charge is 0.508 e. The van der Waals surface area contributed by atoms with Crippen LogP contribution in [-0.4, -0.2) is 152 Å². The molecule has 3 aromatic rings. The molecule has 3 aromatic carbocycles. The number of aromatic hydroxyl groups is 1. The standard InChI is InChI=1S/C58H79N11O17S/c1-32(2)26-42(66-57(82)50(34(5)6)68-47(73)29-61-52(77)37-12-8-7-9-13-37)56(81)63-40(14-10-11-25-60-45(71)28-44(58(83)84)87-31-36-15-19-38(20-16-36)69(85)86)54(79)64-41(23-24-48(74)75)55(80)65-43(27-35-17-21-39(70)22-18-35)53(78)62-30-46(72)67-49(33(3)4)51(59)76/h7-9,12-13,15-22,32-34,40-44,49-50,70H,10-11,14,23-31H2,1-6H3,(H2,59,76)(H,60,71)(H,61,77)(H,62,78)(H,63,81)(H,64,79)(H,65,80)(H,66,82)(H,67,72)(H,68,73)(H,74,75)(H,83,84)/t40-,41-,42-,43-,44-,49-,50-/m0/s1. The smallest absolute Gasteiger partial charge is 0.317 e. The van der Waals surface area contributed by atoms with E-state index in [1.54, 1.807) is 71.9 Å². The van der Waals surface area contributed by atoms with Crippen LogP contribution in [0.2, 0.25) is 0 Å². The highest BCUT2D eigenvalue weighted by Gasteiger charge is 2.35. The van der Waals surface area contributed by atoms with Crippen molar-refractivity contribution in [1.82, 2.24) is 47.9 Å². The Balaban J connectivity index is 1.90. The highest BCUT2D eigenvalue weighted by Crippen LogP contribution is 2.23. The van der Waals surface area contributed by atoms with Crippen molar-refractivity contribution in [2.24, 2.45) is 23.5 Å². The molecule has 0 saturated carbocycles. The third-order valence-corrected chi connectivity index (χ3v) is 14.4. The van der Waals surface area contributed by atoms with Crippen LogP contribution in [0.15, 0.2) is 78.9 Å². The van der Waals surface area contributed by atoms with Gasteiger partial charge in [-0.15, -0.1) is 11.8 Å². The van der Waals surface area contributed by atoms with Gasteiger partial charge < -0.3 is 68.9 Å². The molecule has 0 heterocycles. The Bertz CT molecular complexity index is 2880. The number of nitro benzene ring substituents is 1. The Hall–Kier alpha value is -9.15. The van der Waals surface area contributed by atoms with Gasteiger partial charge in [0.25, 0.3) is 11.6 Å². The number of non-ortho nitro benzene ring substituents is 1. The van der Waals surface area contributed by atoms with Crippen molar-refractivity contribution in [3.05, 3.63) is 106 Å². The molecule has 10 amide bonds. The second-order valence-electron chi connectivity index (χ2n) is 21.5.